The average Bonchev–Trinajstić information content (AvgIpc) is 2.67. The lowest BCUT2D eigenvalue weighted by Crippen LogP contribution is -2.22. The topological polar surface area (TPSA) is 117 Å². The SMILES string of the molecule is COc1ccc(CC(=O)OCC(=O)Nc2ccc([N+](=O)[O-])cc2OC)cc1. The Balaban J connectivity index is 1.88. The average molecular weight is 374 g/mol. The van der Waals surface area contributed by atoms with Crippen LogP contribution in [-0.4, -0.2) is 37.6 Å². The number of carbonyl (C=O) groups is 2. The summed E-state index contributed by atoms with van der Waals surface area (Å²) in [5, 5.41) is 13.2. The molecule has 0 saturated heterocycles. The third-order valence-corrected chi connectivity index (χ3v) is 3.54. The predicted molar refractivity (Wildman–Crippen MR) is 95.9 cm³/mol. The monoisotopic (exact) mass is 374 g/mol. The lowest BCUT2D eigenvalue weighted by molar-refractivity contribution is -0.384. The second-order valence-corrected chi connectivity index (χ2v) is 5.38. The van der Waals surface area contributed by atoms with Gasteiger partial charge in [0, 0.05) is 6.07 Å². The Morgan fingerprint density at radius 1 is 1.07 bits per heavy atom. The van der Waals surface area contributed by atoms with E-state index in [0.717, 1.165) is 5.56 Å². The number of nitrogens with one attached hydrogen (secondary N) is 1. The number of rotatable bonds is 8. The van der Waals surface area contributed by atoms with Crippen LogP contribution in [0.1, 0.15) is 5.56 Å². The first-order chi connectivity index (χ1) is 12.9. The van der Waals surface area contributed by atoms with Gasteiger partial charge in [-0.2, -0.15) is 0 Å². The number of methoxy groups -OCH3 is 2. The molecule has 0 spiro atoms. The lowest BCUT2D eigenvalue weighted by Gasteiger charge is -2.10. The Morgan fingerprint density at radius 2 is 1.78 bits per heavy atom. The molecule has 0 aliphatic carbocycles. The zero-order valence-corrected chi connectivity index (χ0v) is 14.8. The summed E-state index contributed by atoms with van der Waals surface area (Å²) < 4.78 is 15.0. The smallest absolute Gasteiger partial charge is 0.310 e. The fraction of sp³-hybridized carbons (Fsp3) is 0.222. The molecule has 0 atom stereocenters. The van der Waals surface area contributed by atoms with Crippen molar-refractivity contribution in [3.63, 3.8) is 0 Å². The summed E-state index contributed by atoms with van der Waals surface area (Å²) >= 11 is 0. The number of hydrogen-bond donors (Lipinski definition) is 1. The quantitative estimate of drug-likeness (QED) is 0.428. The Morgan fingerprint density at radius 3 is 2.37 bits per heavy atom. The number of nitro benzene ring substituents is 1. The van der Waals surface area contributed by atoms with Crippen molar-refractivity contribution in [2.24, 2.45) is 0 Å². The third-order valence-electron chi connectivity index (χ3n) is 3.54. The number of amides is 1. The molecule has 142 valence electrons. The third kappa shape index (κ3) is 5.70. The molecule has 9 heteroatoms. The standard InChI is InChI=1S/C18H18N2O7/c1-25-14-6-3-12(4-7-14)9-18(22)27-11-17(21)19-15-8-5-13(20(23)24)10-16(15)26-2/h3-8,10H,9,11H2,1-2H3,(H,19,21). The summed E-state index contributed by atoms with van der Waals surface area (Å²) in [6, 6.07) is 10.6. The fourth-order valence-electron chi connectivity index (χ4n) is 2.19. The zero-order chi connectivity index (χ0) is 19.8. The maximum absolute atomic E-state index is 11.9. The number of anilines is 1. The summed E-state index contributed by atoms with van der Waals surface area (Å²) in [4.78, 5) is 34.0. The lowest BCUT2D eigenvalue weighted by atomic mass is 10.1. The maximum Gasteiger partial charge on any atom is 0.310 e. The number of nitrogens with zero attached hydrogens (tertiary/aromatic N) is 1. The second kappa shape index (κ2) is 9.18. The van der Waals surface area contributed by atoms with Crippen LogP contribution < -0.4 is 14.8 Å². The van der Waals surface area contributed by atoms with E-state index in [1.807, 2.05) is 0 Å². The Hall–Kier alpha value is -3.62. The van der Waals surface area contributed by atoms with Crippen molar-refractivity contribution in [2.75, 3.05) is 26.1 Å². The van der Waals surface area contributed by atoms with Gasteiger partial charge in [0.15, 0.2) is 6.61 Å². The number of ether oxygens (including phenoxy) is 3. The number of non-ortho nitro benzene ring substituents is 1. The molecule has 0 aliphatic heterocycles. The van der Waals surface area contributed by atoms with Gasteiger partial charge in [0.1, 0.15) is 11.5 Å². The van der Waals surface area contributed by atoms with Crippen LogP contribution in [0.15, 0.2) is 42.5 Å². The van der Waals surface area contributed by atoms with Gasteiger partial charge in [0.2, 0.25) is 0 Å². The molecule has 0 saturated carbocycles. The molecule has 9 nitrogen and oxygen atoms in total. The highest BCUT2D eigenvalue weighted by Crippen LogP contribution is 2.28. The summed E-state index contributed by atoms with van der Waals surface area (Å²) in [5.74, 6) is -0.359. The summed E-state index contributed by atoms with van der Waals surface area (Å²) in [7, 11) is 2.87. The van der Waals surface area contributed by atoms with Crippen LogP contribution in [0.2, 0.25) is 0 Å². The van der Waals surface area contributed by atoms with Gasteiger partial charge in [-0.15, -0.1) is 0 Å². The molecule has 0 fully saturated rings. The van der Waals surface area contributed by atoms with Gasteiger partial charge in [0.05, 0.1) is 37.3 Å². The van der Waals surface area contributed by atoms with Gasteiger partial charge in [-0.1, -0.05) is 12.1 Å². The van der Waals surface area contributed by atoms with E-state index in [1.54, 1.807) is 31.4 Å². The van der Waals surface area contributed by atoms with Crippen molar-refractivity contribution < 1.29 is 28.7 Å². The van der Waals surface area contributed by atoms with Crippen LogP contribution in [-0.2, 0) is 20.7 Å². The van der Waals surface area contributed by atoms with Crippen molar-refractivity contribution in [2.45, 2.75) is 6.42 Å². The van der Waals surface area contributed by atoms with Crippen LogP contribution in [0.25, 0.3) is 0 Å². The van der Waals surface area contributed by atoms with E-state index in [1.165, 1.54) is 25.3 Å². The minimum absolute atomic E-state index is 0.0120. The van der Waals surface area contributed by atoms with Crippen LogP contribution in [0.5, 0.6) is 11.5 Å². The van der Waals surface area contributed by atoms with Crippen molar-refractivity contribution in [1.29, 1.82) is 0 Å². The fourth-order valence-corrected chi connectivity index (χ4v) is 2.19. The van der Waals surface area contributed by atoms with Gasteiger partial charge in [-0.05, 0) is 23.8 Å². The van der Waals surface area contributed by atoms with Crippen LogP contribution in [0.3, 0.4) is 0 Å². The molecule has 0 unspecified atom stereocenters. The van der Waals surface area contributed by atoms with E-state index in [9.17, 15) is 19.7 Å². The highest BCUT2D eigenvalue weighted by atomic mass is 16.6. The number of esters is 1. The number of hydrogen-bond acceptors (Lipinski definition) is 7. The predicted octanol–water partition coefficient (Wildman–Crippen LogP) is 2.34. The van der Waals surface area contributed by atoms with E-state index >= 15 is 0 Å². The molecular weight excluding hydrogens is 356 g/mol. The van der Waals surface area contributed by atoms with Crippen LogP contribution in [0.4, 0.5) is 11.4 Å². The Kier molecular flexibility index (Phi) is 6.70. The zero-order valence-electron chi connectivity index (χ0n) is 14.8. The van der Waals surface area contributed by atoms with Gasteiger partial charge in [0.25, 0.3) is 11.6 Å². The highest BCUT2D eigenvalue weighted by molar-refractivity contribution is 5.94. The molecule has 0 radical (unpaired) electrons. The van der Waals surface area contributed by atoms with E-state index in [4.69, 9.17) is 14.2 Å². The molecule has 2 rings (SSSR count). The second-order valence-electron chi connectivity index (χ2n) is 5.38. The molecule has 0 aliphatic rings. The first-order valence-electron chi connectivity index (χ1n) is 7.83. The van der Waals surface area contributed by atoms with Crippen molar-refractivity contribution in [3.05, 3.63) is 58.1 Å². The largest absolute Gasteiger partial charge is 0.497 e. The molecule has 2 aromatic carbocycles. The minimum Gasteiger partial charge on any atom is -0.497 e. The molecule has 2 aromatic rings. The molecular formula is C18H18N2O7. The van der Waals surface area contributed by atoms with Crippen molar-refractivity contribution in [1.82, 2.24) is 0 Å². The normalized spacial score (nSPS) is 10.0. The molecule has 0 aromatic heterocycles. The summed E-state index contributed by atoms with van der Waals surface area (Å²) in [5.41, 5.74) is 0.785. The number of benzene rings is 2. The Labute approximate surface area is 155 Å². The molecule has 1 N–H and O–H groups in total. The minimum atomic E-state index is -0.592. The summed E-state index contributed by atoms with van der Waals surface area (Å²) in [6.07, 6.45) is 0.0120. The molecule has 27 heavy (non-hydrogen) atoms. The number of nitro groups is 1. The molecule has 0 bridgehead atoms. The van der Waals surface area contributed by atoms with Crippen molar-refractivity contribution >= 4 is 23.3 Å². The highest BCUT2D eigenvalue weighted by Gasteiger charge is 2.14. The van der Waals surface area contributed by atoms with Crippen LogP contribution >= 0.6 is 0 Å². The number of carbonyl (C=O) groups excluding carboxylic acids is 2. The van der Waals surface area contributed by atoms with Crippen LogP contribution in [0, 0.1) is 10.1 Å². The van der Waals surface area contributed by atoms with E-state index < -0.39 is 23.4 Å². The van der Waals surface area contributed by atoms with Gasteiger partial charge in [-0.3, -0.25) is 19.7 Å². The van der Waals surface area contributed by atoms with Gasteiger partial charge >= 0.3 is 5.97 Å². The van der Waals surface area contributed by atoms with E-state index in [0.29, 0.717) is 5.75 Å². The van der Waals surface area contributed by atoms with Gasteiger partial charge in [-0.25, -0.2) is 0 Å². The maximum atomic E-state index is 11.9. The van der Waals surface area contributed by atoms with Gasteiger partial charge < -0.3 is 19.5 Å². The first kappa shape index (κ1) is 19.7. The molecule has 1 amide bonds. The summed E-state index contributed by atoms with van der Waals surface area (Å²) in [6.45, 7) is -0.491. The van der Waals surface area contributed by atoms with E-state index in [-0.39, 0.29) is 23.5 Å². The molecule has 0 heterocycles. The van der Waals surface area contributed by atoms with Crippen molar-refractivity contribution in [3.8, 4) is 11.5 Å². The Bertz CT molecular complexity index is 834. The van der Waals surface area contributed by atoms with E-state index in [2.05, 4.69) is 5.32 Å². The first-order valence-corrected chi connectivity index (χ1v) is 7.83.